The highest BCUT2D eigenvalue weighted by molar-refractivity contribution is 8.18. The van der Waals surface area contributed by atoms with E-state index in [0.717, 1.165) is 22.9 Å². The molecule has 0 saturated carbocycles. The van der Waals surface area contributed by atoms with Gasteiger partial charge in [-0.2, -0.15) is 5.10 Å². The van der Waals surface area contributed by atoms with Crippen LogP contribution in [-0.4, -0.2) is 43.1 Å². The van der Waals surface area contributed by atoms with Crippen LogP contribution in [0, 0.1) is 0 Å². The number of sulfonamides is 1. The van der Waals surface area contributed by atoms with Gasteiger partial charge in [0.1, 0.15) is 11.5 Å². The van der Waals surface area contributed by atoms with Crippen molar-refractivity contribution in [2.45, 2.75) is 18.4 Å². The standard InChI is InChI=1S/C33H29N5O6S2/c1-23(18-24-8-3-2-4-9-24)20-35-37-33-38(21-27-11-7-17-43-27)32(40)30(45-33)19-25-10-5-6-12-29(25)44-22-31(39)36-26-13-15-28(16-14-26)46(34,41)42/h2-20H,21-22H2,1H3,(H,36,39)(H2,34,41,42)/b23-18+,30-19-,35-20-,37-33+. The maximum Gasteiger partial charge on any atom is 0.267 e. The molecule has 5 rings (SSSR count). The van der Waals surface area contributed by atoms with Crippen LogP contribution in [0.1, 0.15) is 23.8 Å². The number of primary sulfonamides is 1. The van der Waals surface area contributed by atoms with Crippen molar-refractivity contribution >= 4 is 62.8 Å². The fraction of sp³-hybridized carbons (Fsp3) is 0.0909. The van der Waals surface area contributed by atoms with Crippen LogP contribution in [0.4, 0.5) is 5.69 Å². The molecule has 13 heteroatoms. The second kappa shape index (κ2) is 14.7. The minimum Gasteiger partial charge on any atom is -0.483 e. The molecule has 2 amide bonds. The van der Waals surface area contributed by atoms with Gasteiger partial charge in [-0.1, -0.05) is 54.6 Å². The lowest BCUT2D eigenvalue weighted by molar-refractivity contribution is -0.122. The Morgan fingerprint density at radius 3 is 2.48 bits per heavy atom. The number of nitrogens with one attached hydrogen (secondary N) is 1. The number of nitrogens with zero attached hydrogens (tertiary/aromatic N) is 3. The summed E-state index contributed by atoms with van der Waals surface area (Å²) in [6, 6.07) is 25.8. The van der Waals surface area contributed by atoms with Crippen molar-refractivity contribution in [1.82, 2.24) is 4.90 Å². The molecule has 1 aliphatic rings. The average Bonchev–Trinajstić information content (AvgIpc) is 3.65. The van der Waals surface area contributed by atoms with Gasteiger partial charge >= 0.3 is 0 Å². The number of amidine groups is 1. The number of rotatable bonds is 11. The molecule has 1 saturated heterocycles. The van der Waals surface area contributed by atoms with E-state index in [9.17, 15) is 18.0 Å². The number of anilines is 1. The molecular formula is C33H29N5O6S2. The van der Waals surface area contributed by atoms with E-state index in [1.807, 2.05) is 43.3 Å². The maximum atomic E-state index is 13.6. The van der Waals surface area contributed by atoms with Crippen molar-refractivity contribution in [3.63, 3.8) is 0 Å². The number of amides is 2. The van der Waals surface area contributed by atoms with Crippen molar-refractivity contribution < 1.29 is 27.2 Å². The van der Waals surface area contributed by atoms with Crippen LogP contribution in [0.3, 0.4) is 0 Å². The summed E-state index contributed by atoms with van der Waals surface area (Å²) < 4.78 is 34.2. The molecule has 0 bridgehead atoms. The van der Waals surface area contributed by atoms with E-state index < -0.39 is 15.9 Å². The molecular weight excluding hydrogens is 627 g/mol. The van der Waals surface area contributed by atoms with E-state index in [0.29, 0.717) is 32.8 Å². The van der Waals surface area contributed by atoms with Gasteiger partial charge in [-0.25, -0.2) is 13.6 Å². The number of hydrogen-bond donors (Lipinski definition) is 2. The number of carbonyl (C=O) groups is 2. The number of carbonyl (C=O) groups excluding carboxylic acids is 2. The van der Waals surface area contributed by atoms with Crippen LogP contribution >= 0.6 is 11.8 Å². The van der Waals surface area contributed by atoms with Gasteiger partial charge in [0, 0.05) is 11.3 Å². The average molecular weight is 656 g/mol. The molecule has 3 aromatic carbocycles. The first-order valence-electron chi connectivity index (χ1n) is 13.9. The van der Waals surface area contributed by atoms with E-state index >= 15 is 0 Å². The molecule has 3 N–H and O–H groups in total. The summed E-state index contributed by atoms with van der Waals surface area (Å²) in [6.07, 6.45) is 6.81. The molecule has 46 heavy (non-hydrogen) atoms. The Kier molecular flexibility index (Phi) is 10.3. The van der Waals surface area contributed by atoms with Gasteiger partial charge in [-0.3, -0.25) is 14.5 Å². The quantitative estimate of drug-likeness (QED) is 0.123. The maximum absolute atomic E-state index is 13.6. The lowest BCUT2D eigenvalue weighted by atomic mass is 10.1. The van der Waals surface area contributed by atoms with Crippen molar-refractivity contribution in [1.29, 1.82) is 0 Å². The van der Waals surface area contributed by atoms with E-state index in [-0.39, 0.29) is 24.0 Å². The number of allylic oxidation sites excluding steroid dienone is 1. The van der Waals surface area contributed by atoms with Gasteiger partial charge in [0.2, 0.25) is 10.0 Å². The lowest BCUT2D eigenvalue weighted by Crippen LogP contribution is -2.28. The first-order chi connectivity index (χ1) is 22.2. The Hall–Kier alpha value is -5.24. The number of hydrogen-bond acceptors (Lipinski definition) is 9. The molecule has 1 fully saturated rings. The van der Waals surface area contributed by atoms with E-state index in [4.69, 9.17) is 14.3 Å². The van der Waals surface area contributed by atoms with Gasteiger partial charge < -0.3 is 14.5 Å². The highest BCUT2D eigenvalue weighted by Gasteiger charge is 2.34. The summed E-state index contributed by atoms with van der Waals surface area (Å²) in [4.78, 5) is 27.9. The Balaban J connectivity index is 1.31. The minimum atomic E-state index is -3.85. The summed E-state index contributed by atoms with van der Waals surface area (Å²) in [7, 11) is -3.85. The Morgan fingerprint density at radius 2 is 1.76 bits per heavy atom. The molecule has 4 aromatic rings. The van der Waals surface area contributed by atoms with Gasteiger partial charge in [-0.15, -0.1) is 5.10 Å². The van der Waals surface area contributed by atoms with Gasteiger partial charge in [-0.05, 0) is 78.4 Å². The number of nitrogens with two attached hydrogens (primary N) is 1. The third-order valence-corrected chi connectivity index (χ3v) is 8.34. The summed E-state index contributed by atoms with van der Waals surface area (Å²) in [5.74, 6) is 0.208. The van der Waals surface area contributed by atoms with E-state index in [2.05, 4.69) is 15.5 Å². The summed E-state index contributed by atoms with van der Waals surface area (Å²) in [5.41, 5.74) is 2.87. The topological polar surface area (TPSA) is 157 Å². The molecule has 0 unspecified atom stereocenters. The number of furan rings is 1. The smallest absolute Gasteiger partial charge is 0.267 e. The molecule has 1 aromatic heterocycles. The lowest BCUT2D eigenvalue weighted by Gasteiger charge is -2.12. The van der Waals surface area contributed by atoms with Crippen LogP contribution in [0.2, 0.25) is 0 Å². The van der Waals surface area contributed by atoms with Crippen molar-refractivity contribution in [2.24, 2.45) is 15.3 Å². The second-order valence-electron chi connectivity index (χ2n) is 9.95. The number of ether oxygens (including phenoxy) is 1. The van der Waals surface area contributed by atoms with E-state index in [1.54, 1.807) is 48.7 Å². The van der Waals surface area contributed by atoms with Crippen LogP contribution in [0.5, 0.6) is 5.75 Å². The Morgan fingerprint density at radius 1 is 1.02 bits per heavy atom. The highest BCUT2D eigenvalue weighted by atomic mass is 32.2. The predicted octanol–water partition coefficient (Wildman–Crippen LogP) is 5.51. The molecule has 234 valence electrons. The van der Waals surface area contributed by atoms with Crippen LogP contribution in [0.15, 0.2) is 127 Å². The number of para-hydroxylation sites is 1. The normalized spacial score (nSPS) is 15.7. The third-order valence-electron chi connectivity index (χ3n) is 6.41. The molecule has 0 spiro atoms. The van der Waals surface area contributed by atoms with Crippen LogP contribution in [0.25, 0.3) is 12.2 Å². The Bertz CT molecular complexity index is 1940. The number of benzene rings is 3. The van der Waals surface area contributed by atoms with Crippen molar-refractivity contribution in [2.75, 3.05) is 11.9 Å². The second-order valence-corrected chi connectivity index (χ2v) is 12.5. The monoisotopic (exact) mass is 655 g/mol. The van der Waals surface area contributed by atoms with Crippen LogP contribution in [-0.2, 0) is 26.2 Å². The third kappa shape index (κ3) is 8.69. The molecule has 2 heterocycles. The van der Waals surface area contributed by atoms with Crippen LogP contribution < -0.4 is 15.2 Å². The van der Waals surface area contributed by atoms with Gasteiger partial charge in [0.25, 0.3) is 11.8 Å². The molecule has 0 radical (unpaired) electrons. The fourth-order valence-electron chi connectivity index (χ4n) is 4.24. The predicted molar refractivity (Wildman–Crippen MR) is 179 cm³/mol. The molecule has 11 nitrogen and oxygen atoms in total. The zero-order valence-corrected chi connectivity index (χ0v) is 26.2. The first kappa shape index (κ1) is 32.2. The molecule has 0 atom stereocenters. The zero-order chi connectivity index (χ0) is 32.5. The Labute approximate surface area is 270 Å². The SMILES string of the molecule is CC(/C=N\N=C1\S/C(=C\c2ccccc2OCC(=O)Nc2ccc(S(N)(=O)=O)cc2)C(=O)N1Cc1ccco1)=C\c1ccccc1. The van der Waals surface area contributed by atoms with E-state index in [1.165, 1.54) is 35.4 Å². The summed E-state index contributed by atoms with van der Waals surface area (Å²) >= 11 is 1.16. The largest absolute Gasteiger partial charge is 0.483 e. The first-order valence-corrected chi connectivity index (χ1v) is 16.2. The van der Waals surface area contributed by atoms with Gasteiger partial charge in [0.05, 0.1) is 28.8 Å². The summed E-state index contributed by atoms with van der Waals surface area (Å²) in [6.45, 7) is 1.75. The van der Waals surface area contributed by atoms with Crippen molar-refractivity contribution in [3.05, 3.63) is 125 Å². The minimum absolute atomic E-state index is 0.0687. The number of thioether (sulfide) groups is 1. The molecule has 0 aliphatic carbocycles. The zero-order valence-electron chi connectivity index (χ0n) is 24.6. The van der Waals surface area contributed by atoms with Crippen molar-refractivity contribution in [3.8, 4) is 5.75 Å². The summed E-state index contributed by atoms with van der Waals surface area (Å²) in [5, 5.41) is 16.7. The molecule has 1 aliphatic heterocycles. The van der Waals surface area contributed by atoms with Gasteiger partial charge in [0.15, 0.2) is 11.8 Å². The fourth-order valence-corrected chi connectivity index (χ4v) is 5.68. The highest BCUT2D eigenvalue weighted by Crippen LogP contribution is 2.35.